The molecule has 2 aromatic rings. The van der Waals surface area contributed by atoms with Crippen LogP contribution in [0.1, 0.15) is 35.3 Å². The Kier molecular flexibility index (Phi) is 6.14. The van der Waals surface area contributed by atoms with E-state index >= 15 is 0 Å². The average Bonchev–Trinajstić information content (AvgIpc) is 3.20. The van der Waals surface area contributed by atoms with Crippen molar-refractivity contribution in [3.05, 3.63) is 29.3 Å². The van der Waals surface area contributed by atoms with Gasteiger partial charge in [0.1, 0.15) is 5.82 Å². The number of hydrogen-bond acceptors (Lipinski definition) is 9. The van der Waals surface area contributed by atoms with Crippen molar-refractivity contribution in [3.8, 4) is 0 Å². The Morgan fingerprint density at radius 3 is 2.73 bits per heavy atom. The van der Waals surface area contributed by atoms with E-state index in [1.54, 1.807) is 13.0 Å². The minimum atomic E-state index is -0.576. The number of β-amino-alcohol motifs (C(OH)–C–C–N with tert-alkyl or cyclic N) is 1. The lowest BCUT2D eigenvalue weighted by atomic mass is 10.0. The first kappa shape index (κ1) is 20.5. The highest BCUT2D eigenvalue weighted by Gasteiger charge is 2.30. The second kappa shape index (κ2) is 8.97. The van der Waals surface area contributed by atoms with Crippen LogP contribution in [-0.2, 0) is 11.2 Å². The maximum absolute atomic E-state index is 12.4. The van der Waals surface area contributed by atoms with E-state index in [4.69, 9.17) is 14.2 Å². The van der Waals surface area contributed by atoms with Crippen LogP contribution in [0.25, 0.3) is 0 Å². The second-order valence-electron chi connectivity index (χ2n) is 7.77. The smallest absolute Gasteiger partial charge is 0.290 e. The number of aliphatic hydroxyl groups is 1. The summed E-state index contributed by atoms with van der Waals surface area (Å²) in [6.45, 7) is 7.64. The Hall–Kier alpha value is -2.72. The van der Waals surface area contributed by atoms with E-state index in [0.717, 1.165) is 31.0 Å². The third-order valence-corrected chi connectivity index (χ3v) is 5.35. The number of aryl methyl sites for hydroxylation is 2. The third kappa shape index (κ3) is 4.71. The van der Waals surface area contributed by atoms with Crippen molar-refractivity contribution >= 4 is 17.7 Å². The Morgan fingerprint density at radius 2 is 2.03 bits per heavy atom. The molecule has 10 heteroatoms. The van der Waals surface area contributed by atoms with Crippen molar-refractivity contribution in [1.29, 1.82) is 0 Å². The average molecular weight is 416 g/mol. The molecule has 10 nitrogen and oxygen atoms in total. The number of rotatable bonds is 5. The van der Waals surface area contributed by atoms with E-state index in [0.29, 0.717) is 44.4 Å². The maximum Gasteiger partial charge on any atom is 0.290 e. The zero-order valence-electron chi connectivity index (χ0n) is 17.4. The summed E-state index contributed by atoms with van der Waals surface area (Å²) in [5, 5.41) is 17.1. The zero-order valence-corrected chi connectivity index (χ0v) is 17.4. The van der Waals surface area contributed by atoms with E-state index < -0.39 is 6.10 Å². The van der Waals surface area contributed by atoms with Crippen molar-refractivity contribution in [1.82, 2.24) is 20.4 Å². The lowest BCUT2D eigenvalue weighted by Gasteiger charge is -2.37. The van der Waals surface area contributed by atoms with Gasteiger partial charge in [0.25, 0.3) is 5.91 Å². The topological polar surface area (TPSA) is 117 Å². The SMILES string of the molecule is CCc1cc(N2C[C@H](O)C[C@H](NC(=O)c3cc(C)no3)C2)nc(N2CCOCC2)n1. The fraction of sp³-hybridized carbons (Fsp3) is 0.600. The van der Waals surface area contributed by atoms with E-state index in [-0.39, 0.29) is 17.7 Å². The summed E-state index contributed by atoms with van der Waals surface area (Å²) < 4.78 is 10.5. The first-order valence-corrected chi connectivity index (χ1v) is 10.4. The molecule has 2 aromatic heterocycles. The summed E-state index contributed by atoms with van der Waals surface area (Å²) in [6.07, 6.45) is 0.679. The minimum Gasteiger partial charge on any atom is -0.391 e. The predicted octanol–water partition coefficient (Wildman–Crippen LogP) is 0.542. The van der Waals surface area contributed by atoms with Gasteiger partial charge in [-0.2, -0.15) is 4.98 Å². The van der Waals surface area contributed by atoms with E-state index in [2.05, 4.69) is 27.3 Å². The van der Waals surface area contributed by atoms with Gasteiger partial charge in [0, 0.05) is 50.0 Å². The van der Waals surface area contributed by atoms with Crippen LogP contribution in [0.3, 0.4) is 0 Å². The van der Waals surface area contributed by atoms with Crippen LogP contribution in [-0.4, -0.2) is 77.7 Å². The van der Waals surface area contributed by atoms with Crippen molar-refractivity contribution in [2.24, 2.45) is 0 Å². The Labute approximate surface area is 175 Å². The Bertz CT molecular complexity index is 882. The number of carbonyl (C=O) groups is 1. The molecule has 0 unspecified atom stereocenters. The largest absolute Gasteiger partial charge is 0.391 e. The molecule has 0 aliphatic carbocycles. The Morgan fingerprint density at radius 1 is 1.23 bits per heavy atom. The molecule has 2 N–H and O–H groups in total. The third-order valence-electron chi connectivity index (χ3n) is 5.35. The van der Waals surface area contributed by atoms with Crippen LogP contribution < -0.4 is 15.1 Å². The van der Waals surface area contributed by atoms with Gasteiger partial charge in [-0.25, -0.2) is 4.98 Å². The second-order valence-corrected chi connectivity index (χ2v) is 7.77. The van der Waals surface area contributed by atoms with Gasteiger partial charge in [0.15, 0.2) is 0 Å². The number of nitrogens with zero attached hydrogens (tertiary/aromatic N) is 5. The predicted molar refractivity (Wildman–Crippen MR) is 110 cm³/mol. The van der Waals surface area contributed by atoms with Crippen molar-refractivity contribution < 1.29 is 19.2 Å². The molecular weight excluding hydrogens is 388 g/mol. The molecule has 2 atom stereocenters. The van der Waals surface area contributed by atoms with Gasteiger partial charge in [0.05, 0.1) is 25.0 Å². The van der Waals surface area contributed by atoms with Gasteiger partial charge in [-0.1, -0.05) is 12.1 Å². The number of nitrogens with one attached hydrogen (secondary N) is 1. The van der Waals surface area contributed by atoms with Crippen molar-refractivity contribution in [3.63, 3.8) is 0 Å². The van der Waals surface area contributed by atoms with Gasteiger partial charge in [0.2, 0.25) is 11.7 Å². The van der Waals surface area contributed by atoms with Gasteiger partial charge in [-0.3, -0.25) is 4.79 Å². The normalized spacial score (nSPS) is 22.2. The molecule has 0 bridgehead atoms. The zero-order chi connectivity index (χ0) is 21.1. The minimum absolute atomic E-state index is 0.170. The monoisotopic (exact) mass is 416 g/mol. The molecule has 2 aliphatic heterocycles. The molecule has 30 heavy (non-hydrogen) atoms. The van der Waals surface area contributed by atoms with Crippen LogP contribution in [0.15, 0.2) is 16.7 Å². The molecule has 2 saturated heterocycles. The quantitative estimate of drug-likeness (QED) is 0.720. The number of morpholine rings is 1. The molecule has 4 heterocycles. The number of anilines is 2. The van der Waals surface area contributed by atoms with Crippen LogP contribution in [0.5, 0.6) is 0 Å². The highest BCUT2D eigenvalue weighted by Crippen LogP contribution is 2.23. The molecular formula is C20H28N6O4. The standard InChI is InChI=1S/C20H28N6O4/c1-3-14-10-18(23-20(22-14)25-4-6-29-7-5-25)26-11-15(9-16(27)12-26)21-19(28)17-8-13(2)24-30-17/h8,10,15-16,27H,3-7,9,11-12H2,1-2H3,(H,21,28)/t15-,16+/m0/s1. The molecule has 2 fully saturated rings. The fourth-order valence-electron chi connectivity index (χ4n) is 3.81. The van der Waals surface area contributed by atoms with Gasteiger partial charge in [-0.15, -0.1) is 0 Å². The van der Waals surface area contributed by atoms with Gasteiger partial charge < -0.3 is 29.5 Å². The number of hydrogen-bond donors (Lipinski definition) is 2. The molecule has 1 amide bonds. The molecule has 162 valence electrons. The first-order chi connectivity index (χ1) is 14.5. The maximum atomic E-state index is 12.4. The molecule has 2 aliphatic rings. The van der Waals surface area contributed by atoms with Crippen LogP contribution in [0.4, 0.5) is 11.8 Å². The number of piperidine rings is 1. The van der Waals surface area contributed by atoms with Gasteiger partial charge in [-0.05, 0) is 19.8 Å². The molecule has 4 rings (SSSR count). The Balaban J connectivity index is 1.51. The van der Waals surface area contributed by atoms with Crippen LogP contribution in [0, 0.1) is 6.92 Å². The summed E-state index contributed by atoms with van der Waals surface area (Å²) in [5.74, 6) is 1.28. The van der Waals surface area contributed by atoms with Gasteiger partial charge >= 0.3 is 0 Å². The molecule has 0 spiro atoms. The van der Waals surface area contributed by atoms with Crippen molar-refractivity contribution in [2.75, 3.05) is 49.2 Å². The highest BCUT2D eigenvalue weighted by molar-refractivity contribution is 5.91. The van der Waals surface area contributed by atoms with E-state index in [1.807, 2.05) is 11.0 Å². The molecule has 0 saturated carbocycles. The summed E-state index contributed by atoms with van der Waals surface area (Å²) in [6, 6.07) is 3.32. The lowest BCUT2D eigenvalue weighted by molar-refractivity contribution is 0.0859. The van der Waals surface area contributed by atoms with Crippen molar-refractivity contribution in [2.45, 2.75) is 38.8 Å². The number of amides is 1. The highest BCUT2D eigenvalue weighted by atomic mass is 16.5. The molecule has 0 aromatic carbocycles. The van der Waals surface area contributed by atoms with Crippen LogP contribution >= 0.6 is 0 Å². The fourth-order valence-corrected chi connectivity index (χ4v) is 3.81. The summed E-state index contributed by atoms with van der Waals surface area (Å²) >= 11 is 0. The number of aliphatic hydroxyl groups excluding tert-OH is 1. The van der Waals surface area contributed by atoms with E-state index in [9.17, 15) is 9.90 Å². The summed E-state index contributed by atoms with van der Waals surface area (Å²) in [7, 11) is 0. The molecule has 0 radical (unpaired) electrons. The number of ether oxygens (including phenoxy) is 1. The van der Waals surface area contributed by atoms with Crippen LogP contribution in [0.2, 0.25) is 0 Å². The number of carbonyl (C=O) groups excluding carboxylic acids is 1. The first-order valence-electron chi connectivity index (χ1n) is 10.4. The lowest BCUT2D eigenvalue weighted by Crippen LogP contribution is -2.53. The number of aromatic nitrogens is 3. The summed E-state index contributed by atoms with van der Waals surface area (Å²) in [5.41, 5.74) is 1.59. The van der Waals surface area contributed by atoms with E-state index in [1.165, 1.54) is 0 Å². The summed E-state index contributed by atoms with van der Waals surface area (Å²) in [4.78, 5) is 26.0.